The molecule has 0 amide bonds. The first-order chi connectivity index (χ1) is 9.41. The molecule has 2 atom stereocenters. The van der Waals surface area contributed by atoms with E-state index in [1.807, 2.05) is 24.3 Å². The Hall–Kier alpha value is -0.620. The van der Waals surface area contributed by atoms with Gasteiger partial charge in [-0.05, 0) is 30.5 Å². The second-order valence-electron chi connectivity index (χ2n) is 5.32. The summed E-state index contributed by atoms with van der Waals surface area (Å²) < 4.78 is 31.6. The van der Waals surface area contributed by atoms with Crippen molar-refractivity contribution in [1.29, 1.82) is 0 Å². The van der Waals surface area contributed by atoms with Gasteiger partial charge in [0.25, 0.3) is 0 Å². The van der Waals surface area contributed by atoms with Crippen molar-refractivity contribution < 1.29 is 13.2 Å². The van der Waals surface area contributed by atoms with Gasteiger partial charge in [-0.1, -0.05) is 23.7 Å². The van der Waals surface area contributed by atoms with Crippen molar-refractivity contribution in [3.8, 4) is 0 Å². The average Bonchev–Trinajstić information content (AvgIpc) is 2.41. The maximum Gasteiger partial charge on any atom is 0.216 e. The summed E-state index contributed by atoms with van der Waals surface area (Å²) in [6.45, 7) is 0.995. The zero-order valence-electron chi connectivity index (χ0n) is 11.8. The Balaban J connectivity index is 2.17. The molecular formula is C14H20ClNO3S. The van der Waals surface area contributed by atoms with Gasteiger partial charge in [-0.25, -0.2) is 12.7 Å². The Morgan fingerprint density at radius 2 is 1.95 bits per heavy atom. The van der Waals surface area contributed by atoms with Crippen LogP contribution in [-0.2, 0) is 21.2 Å². The third-order valence-corrected chi connectivity index (χ3v) is 6.36. The van der Waals surface area contributed by atoms with Crippen LogP contribution in [0.4, 0.5) is 0 Å². The Labute approximate surface area is 125 Å². The van der Waals surface area contributed by atoms with Gasteiger partial charge in [0, 0.05) is 31.6 Å². The summed E-state index contributed by atoms with van der Waals surface area (Å²) in [6, 6.07) is 7.54. The molecule has 1 saturated heterocycles. The van der Waals surface area contributed by atoms with E-state index in [1.54, 1.807) is 14.1 Å². The molecule has 0 N–H and O–H groups in total. The molecule has 112 valence electrons. The van der Waals surface area contributed by atoms with Crippen LogP contribution in [0.5, 0.6) is 0 Å². The summed E-state index contributed by atoms with van der Waals surface area (Å²) in [5, 5.41) is 0.313. The van der Waals surface area contributed by atoms with Crippen LogP contribution in [0.2, 0.25) is 5.02 Å². The van der Waals surface area contributed by atoms with Crippen molar-refractivity contribution in [3.05, 3.63) is 34.9 Å². The van der Waals surface area contributed by atoms with Crippen LogP contribution in [0.3, 0.4) is 0 Å². The van der Waals surface area contributed by atoms with Crippen molar-refractivity contribution >= 4 is 21.6 Å². The van der Waals surface area contributed by atoms with Gasteiger partial charge in [0.2, 0.25) is 10.0 Å². The first-order valence-corrected chi connectivity index (χ1v) is 8.53. The fourth-order valence-electron chi connectivity index (χ4n) is 2.55. The molecule has 0 unspecified atom stereocenters. The molecule has 20 heavy (non-hydrogen) atoms. The van der Waals surface area contributed by atoms with Crippen molar-refractivity contribution in [2.75, 3.05) is 27.3 Å². The molecule has 0 bridgehead atoms. The Bertz CT molecular complexity index is 542. The molecule has 0 aliphatic carbocycles. The van der Waals surface area contributed by atoms with Crippen LogP contribution < -0.4 is 0 Å². The molecule has 0 spiro atoms. The van der Waals surface area contributed by atoms with E-state index in [4.69, 9.17) is 16.3 Å². The van der Waals surface area contributed by atoms with E-state index in [0.717, 1.165) is 5.56 Å². The monoisotopic (exact) mass is 317 g/mol. The molecule has 1 fully saturated rings. The number of halogens is 1. The Kier molecular flexibility index (Phi) is 5.07. The first kappa shape index (κ1) is 15.8. The molecule has 4 nitrogen and oxygen atoms in total. The normalized spacial score (nSPS) is 24.0. The maximum absolute atomic E-state index is 12.4. The summed E-state index contributed by atoms with van der Waals surface area (Å²) in [7, 11) is -0.0752. The van der Waals surface area contributed by atoms with Crippen LogP contribution in [-0.4, -0.2) is 45.3 Å². The smallest absolute Gasteiger partial charge is 0.216 e. The molecule has 1 aliphatic heterocycles. The lowest BCUT2D eigenvalue weighted by Crippen LogP contribution is -2.44. The van der Waals surface area contributed by atoms with E-state index in [-0.39, 0.29) is 11.2 Å². The van der Waals surface area contributed by atoms with Crippen LogP contribution in [0.15, 0.2) is 24.3 Å². The highest BCUT2D eigenvalue weighted by Crippen LogP contribution is 2.27. The van der Waals surface area contributed by atoms with Crippen molar-refractivity contribution in [2.24, 2.45) is 5.92 Å². The molecule has 0 radical (unpaired) electrons. The van der Waals surface area contributed by atoms with Gasteiger partial charge in [0.05, 0.1) is 11.9 Å². The number of sulfonamides is 1. The van der Waals surface area contributed by atoms with Gasteiger partial charge in [0.15, 0.2) is 0 Å². The predicted molar refractivity (Wildman–Crippen MR) is 80.5 cm³/mol. The molecule has 6 heteroatoms. The van der Waals surface area contributed by atoms with Gasteiger partial charge in [-0.15, -0.1) is 0 Å². The van der Waals surface area contributed by atoms with Crippen molar-refractivity contribution in [1.82, 2.24) is 4.31 Å². The maximum atomic E-state index is 12.4. The molecule has 1 aliphatic rings. The highest BCUT2D eigenvalue weighted by molar-refractivity contribution is 7.89. The second kappa shape index (κ2) is 6.43. The number of hydrogen-bond acceptors (Lipinski definition) is 3. The van der Waals surface area contributed by atoms with Gasteiger partial charge < -0.3 is 4.74 Å². The van der Waals surface area contributed by atoms with E-state index < -0.39 is 10.0 Å². The topological polar surface area (TPSA) is 46.6 Å². The van der Waals surface area contributed by atoms with E-state index in [0.29, 0.717) is 31.1 Å². The van der Waals surface area contributed by atoms with Crippen LogP contribution in [0, 0.1) is 5.92 Å². The van der Waals surface area contributed by atoms with Crippen LogP contribution in [0.25, 0.3) is 0 Å². The van der Waals surface area contributed by atoms with Crippen molar-refractivity contribution in [3.63, 3.8) is 0 Å². The summed E-state index contributed by atoms with van der Waals surface area (Å²) >= 11 is 5.87. The lowest BCUT2D eigenvalue weighted by atomic mass is 9.94. The number of rotatable bonds is 4. The molecule has 0 saturated carbocycles. The quantitative estimate of drug-likeness (QED) is 0.855. The van der Waals surface area contributed by atoms with Gasteiger partial charge in [0.1, 0.15) is 0 Å². The molecule has 1 heterocycles. The highest BCUT2D eigenvalue weighted by atomic mass is 35.5. The minimum atomic E-state index is -3.25. The zero-order chi connectivity index (χ0) is 14.8. The van der Waals surface area contributed by atoms with Gasteiger partial charge >= 0.3 is 0 Å². The van der Waals surface area contributed by atoms with E-state index in [1.165, 1.54) is 4.31 Å². The molecule has 2 rings (SSSR count). The van der Waals surface area contributed by atoms with Crippen molar-refractivity contribution in [2.45, 2.75) is 18.1 Å². The second-order valence-corrected chi connectivity index (χ2v) is 8.12. The third kappa shape index (κ3) is 3.52. The van der Waals surface area contributed by atoms with Gasteiger partial charge in [-0.2, -0.15) is 0 Å². The average molecular weight is 318 g/mol. The van der Waals surface area contributed by atoms with Crippen LogP contribution in [0.1, 0.15) is 12.0 Å². The zero-order valence-corrected chi connectivity index (χ0v) is 13.3. The minimum absolute atomic E-state index is 0.0164. The molecular weight excluding hydrogens is 298 g/mol. The summed E-state index contributed by atoms with van der Waals surface area (Å²) in [5.41, 5.74) is 1.09. The third-order valence-electron chi connectivity index (χ3n) is 3.71. The summed E-state index contributed by atoms with van der Waals surface area (Å²) in [6.07, 6.45) is 1.24. The SMILES string of the molecule is CN(C)S(=O)(=O)[C@@H]1CCOC[C@H]1Cc1ccc(Cl)cc1. The standard InChI is InChI=1S/C14H20ClNO3S/c1-16(2)20(17,18)14-7-8-19-10-12(14)9-11-3-5-13(15)6-4-11/h3-6,12,14H,7-10H2,1-2H3/t12-,14-/m1/s1. The predicted octanol–water partition coefficient (Wildman–Crippen LogP) is 2.18. The number of hydrogen-bond donors (Lipinski definition) is 0. The minimum Gasteiger partial charge on any atom is -0.381 e. The first-order valence-electron chi connectivity index (χ1n) is 6.65. The fourth-order valence-corrected chi connectivity index (χ4v) is 4.28. The molecule has 0 aromatic heterocycles. The largest absolute Gasteiger partial charge is 0.381 e. The number of ether oxygens (including phenoxy) is 1. The van der Waals surface area contributed by atoms with E-state index in [2.05, 4.69) is 0 Å². The molecule has 1 aromatic rings. The molecule has 1 aromatic carbocycles. The van der Waals surface area contributed by atoms with Crippen LogP contribution >= 0.6 is 11.6 Å². The number of nitrogens with zero attached hydrogens (tertiary/aromatic N) is 1. The van der Waals surface area contributed by atoms with E-state index >= 15 is 0 Å². The Morgan fingerprint density at radius 1 is 1.30 bits per heavy atom. The van der Waals surface area contributed by atoms with E-state index in [9.17, 15) is 8.42 Å². The lowest BCUT2D eigenvalue weighted by molar-refractivity contribution is 0.0563. The fraction of sp³-hybridized carbons (Fsp3) is 0.571. The highest BCUT2D eigenvalue weighted by Gasteiger charge is 2.37. The summed E-state index contributed by atoms with van der Waals surface area (Å²) in [5.74, 6) is -0.0164. The Morgan fingerprint density at radius 3 is 2.55 bits per heavy atom. The lowest BCUT2D eigenvalue weighted by Gasteiger charge is -2.33. The summed E-state index contributed by atoms with van der Waals surface area (Å²) in [4.78, 5) is 0. The van der Waals surface area contributed by atoms with Gasteiger partial charge in [-0.3, -0.25) is 0 Å². The number of benzene rings is 1.